The van der Waals surface area contributed by atoms with Crippen molar-refractivity contribution in [1.82, 2.24) is 0 Å². The van der Waals surface area contributed by atoms with Gasteiger partial charge in [-0.25, -0.2) is 4.39 Å². The molecule has 0 saturated heterocycles. The van der Waals surface area contributed by atoms with Gasteiger partial charge in [0, 0.05) is 18.2 Å². The summed E-state index contributed by atoms with van der Waals surface area (Å²) in [5.74, 6) is -0.552. The van der Waals surface area contributed by atoms with Gasteiger partial charge in [-0.15, -0.1) is 12.4 Å². The summed E-state index contributed by atoms with van der Waals surface area (Å²) in [6.07, 6.45) is 0.959. The van der Waals surface area contributed by atoms with Gasteiger partial charge >= 0.3 is 0 Å². The van der Waals surface area contributed by atoms with Crippen LogP contribution in [0.5, 0.6) is 0 Å². The molecular weight excluding hydrogens is 310 g/mol. The number of halogens is 3. The molecule has 6 heteroatoms. The molecule has 0 fully saturated rings. The van der Waals surface area contributed by atoms with Gasteiger partial charge in [0.05, 0.1) is 4.47 Å². The van der Waals surface area contributed by atoms with Crippen LogP contribution in [0.25, 0.3) is 0 Å². The lowest BCUT2D eigenvalue weighted by molar-refractivity contribution is -0.116. The lowest BCUT2D eigenvalue weighted by Crippen LogP contribution is -2.19. The molecule has 0 aliphatic rings. The van der Waals surface area contributed by atoms with Crippen LogP contribution in [0, 0.1) is 5.82 Å². The van der Waals surface area contributed by atoms with E-state index < -0.39 is 5.82 Å². The number of hydrogen-bond donors (Lipinski definition) is 2. The van der Waals surface area contributed by atoms with Gasteiger partial charge in [-0.2, -0.15) is 0 Å². The Morgan fingerprint density at radius 2 is 2.24 bits per heavy atom. The number of nitrogens with one attached hydrogen (secondary N) is 1. The van der Waals surface area contributed by atoms with Crippen LogP contribution >= 0.6 is 28.3 Å². The van der Waals surface area contributed by atoms with Gasteiger partial charge in [-0.1, -0.05) is 0 Å². The van der Waals surface area contributed by atoms with E-state index in [9.17, 15) is 9.18 Å². The number of hydrogen-bond acceptors (Lipinski definition) is 2. The van der Waals surface area contributed by atoms with Gasteiger partial charge in [0.1, 0.15) is 5.82 Å². The predicted octanol–water partition coefficient (Wildman–Crippen LogP) is 3.08. The highest BCUT2D eigenvalue weighted by Crippen LogP contribution is 2.19. The SMILES string of the molecule is CC(N)CCC(=O)Nc1ccc(Br)c(F)c1.Cl. The maximum atomic E-state index is 13.1. The van der Waals surface area contributed by atoms with Crippen molar-refractivity contribution in [3.8, 4) is 0 Å². The maximum absolute atomic E-state index is 13.1. The Labute approximate surface area is 114 Å². The molecule has 3 nitrogen and oxygen atoms in total. The predicted molar refractivity (Wildman–Crippen MR) is 72.9 cm³/mol. The Hall–Kier alpha value is -0.650. The van der Waals surface area contributed by atoms with Gasteiger partial charge in [0.25, 0.3) is 0 Å². The van der Waals surface area contributed by atoms with Gasteiger partial charge in [-0.05, 0) is 47.5 Å². The third-order valence-electron chi connectivity index (χ3n) is 2.03. The fraction of sp³-hybridized carbons (Fsp3) is 0.364. The second-order valence-corrected chi connectivity index (χ2v) is 4.55. The van der Waals surface area contributed by atoms with E-state index in [0.29, 0.717) is 23.0 Å². The first-order chi connectivity index (χ1) is 7.49. The Bertz CT molecular complexity index is 388. The van der Waals surface area contributed by atoms with E-state index in [1.807, 2.05) is 6.92 Å². The number of benzene rings is 1. The topological polar surface area (TPSA) is 55.1 Å². The highest BCUT2D eigenvalue weighted by molar-refractivity contribution is 9.10. The lowest BCUT2D eigenvalue weighted by Gasteiger charge is -2.07. The number of carbonyl (C=O) groups excluding carboxylic acids is 1. The van der Waals surface area contributed by atoms with Crippen LogP contribution in [0.3, 0.4) is 0 Å². The van der Waals surface area contributed by atoms with Crippen molar-refractivity contribution in [2.45, 2.75) is 25.8 Å². The summed E-state index contributed by atoms with van der Waals surface area (Å²) in [5.41, 5.74) is 5.99. The lowest BCUT2D eigenvalue weighted by atomic mass is 10.2. The van der Waals surface area contributed by atoms with E-state index in [0.717, 1.165) is 0 Å². The van der Waals surface area contributed by atoms with Crippen LogP contribution in [-0.2, 0) is 4.79 Å². The number of amides is 1. The largest absolute Gasteiger partial charge is 0.328 e. The molecule has 1 atom stereocenters. The third-order valence-corrected chi connectivity index (χ3v) is 2.67. The smallest absolute Gasteiger partial charge is 0.224 e. The van der Waals surface area contributed by atoms with E-state index in [2.05, 4.69) is 21.2 Å². The van der Waals surface area contributed by atoms with Crippen molar-refractivity contribution in [2.75, 3.05) is 5.32 Å². The number of rotatable bonds is 4. The molecule has 0 aromatic heterocycles. The average molecular weight is 326 g/mol. The Morgan fingerprint density at radius 1 is 1.59 bits per heavy atom. The molecule has 1 amide bonds. The normalized spacial score (nSPS) is 11.5. The second-order valence-electron chi connectivity index (χ2n) is 3.69. The van der Waals surface area contributed by atoms with Crippen LogP contribution in [0.4, 0.5) is 10.1 Å². The minimum atomic E-state index is -0.398. The van der Waals surface area contributed by atoms with E-state index in [1.165, 1.54) is 6.07 Å². The van der Waals surface area contributed by atoms with E-state index in [-0.39, 0.29) is 24.4 Å². The molecule has 0 aliphatic carbocycles. The quantitative estimate of drug-likeness (QED) is 0.894. The standard InChI is InChI=1S/C11H14BrFN2O.ClH/c1-7(14)2-5-11(16)15-8-3-4-9(12)10(13)6-8;/h3-4,6-7H,2,5,14H2,1H3,(H,15,16);1H. The minimum Gasteiger partial charge on any atom is -0.328 e. The van der Waals surface area contributed by atoms with Gasteiger partial charge < -0.3 is 11.1 Å². The van der Waals surface area contributed by atoms with Gasteiger partial charge in [0.15, 0.2) is 0 Å². The number of anilines is 1. The zero-order valence-electron chi connectivity index (χ0n) is 9.37. The number of nitrogens with two attached hydrogens (primary N) is 1. The van der Waals surface area contributed by atoms with Crippen LogP contribution in [0.1, 0.15) is 19.8 Å². The molecule has 1 unspecified atom stereocenters. The van der Waals surface area contributed by atoms with E-state index >= 15 is 0 Å². The fourth-order valence-corrected chi connectivity index (χ4v) is 1.40. The van der Waals surface area contributed by atoms with Crippen molar-refractivity contribution in [3.63, 3.8) is 0 Å². The Kier molecular flexibility index (Phi) is 7.34. The Balaban J connectivity index is 0.00000256. The monoisotopic (exact) mass is 324 g/mol. The third kappa shape index (κ3) is 6.00. The first-order valence-corrected chi connectivity index (χ1v) is 5.79. The molecule has 1 rings (SSSR count). The summed E-state index contributed by atoms with van der Waals surface area (Å²) in [4.78, 5) is 11.4. The van der Waals surface area contributed by atoms with Crippen LogP contribution in [0.2, 0.25) is 0 Å². The molecule has 0 saturated carbocycles. The summed E-state index contributed by atoms with van der Waals surface area (Å²) >= 11 is 3.04. The second kappa shape index (κ2) is 7.63. The molecule has 1 aromatic carbocycles. The molecular formula is C11H15BrClFN2O. The molecule has 3 N–H and O–H groups in total. The number of carbonyl (C=O) groups is 1. The van der Waals surface area contributed by atoms with Crippen molar-refractivity contribution in [3.05, 3.63) is 28.5 Å². The van der Waals surface area contributed by atoms with E-state index in [4.69, 9.17) is 5.73 Å². The van der Waals surface area contributed by atoms with Gasteiger partial charge in [0.2, 0.25) is 5.91 Å². The zero-order valence-corrected chi connectivity index (χ0v) is 11.8. The highest BCUT2D eigenvalue weighted by Gasteiger charge is 2.06. The Morgan fingerprint density at radius 3 is 2.76 bits per heavy atom. The summed E-state index contributed by atoms with van der Waals surface area (Å²) in [6.45, 7) is 1.84. The molecule has 0 aliphatic heterocycles. The minimum absolute atomic E-state index is 0. The van der Waals surface area contributed by atoms with Crippen LogP contribution < -0.4 is 11.1 Å². The van der Waals surface area contributed by atoms with Crippen molar-refractivity contribution in [2.24, 2.45) is 5.73 Å². The molecule has 0 bridgehead atoms. The molecule has 1 aromatic rings. The van der Waals surface area contributed by atoms with Crippen LogP contribution in [-0.4, -0.2) is 11.9 Å². The summed E-state index contributed by atoms with van der Waals surface area (Å²) in [7, 11) is 0. The first-order valence-electron chi connectivity index (χ1n) is 4.99. The average Bonchev–Trinajstić information content (AvgIpc) is 2.21. The highest BCUT2D eigenvalue weighted by atomic mass is 79.9. The molecule has 0 heterocycles. The zero-order chi connectivity index (χ0) is 12.1. The van der Waals surface area contributed by atoms with E-state index in [1.54, 1.807) is 12.1 Å². The first kappa shape index (κ1) is 16.4. The van der Waals surface area contributed by atoms with Crippen molar-refractivity contribution >= 4 is 39.9 Å². The van der Waals surface area contributed by atoms with Crippen LogP contribution in [0.15, 0.2) is 22.7 Å². The molecule has 0 radical (unpaired) electrons. The molecule has 17 heavy (non-hydrogen) atoms. The fourth-order valence-electron chi connectivity index (χ4n) is 1.16. The molecule has 96 valence electrons. The summed E-state index contributed by atoms with van der Waals surface area (Å²) < 4.78 is 13.5. The van der Waals surface area contributed by atoms with Crippen molar-refractivity contribution in [1.29, 1.82) is 0 Å². The summed E-state index contributed by atoms with van der Waals surface area (Å²) in [6, 6.07) is 4.45. The summed E-state index contributed by atoms with van der Waals surface area (Å²) in [5, 5.41) is 2.61. The van der Waals surface area contributed by atoms with Crippen molar-refractivity contribution < 1.29 is 9.18 Å². The maximum Gasteiger partial charge on any atom is 0.224 e. The molecule has 0 spiro atoms. The van der Waals surface area contributed by atoms with Gasteiger partial charge in [-0.3, -0.25) is 4.79 Å².